The average molecular weight is 447 g/mol. The van der Waals surface area contributed by atoms with Crippen molar-refractivity contribution in [2.75, 3.05) is 5.32 Å². The molecule has 1 atom stereocenters. The number of nitro benzene ring substituents is 1. The number of hydrogen-bond donors (Lipinski definition) is 1. The van der Waals surface area contributed by atoms with E-state index in [1.165, 1.54) is 15.2 Å². The third-order valence-corrected chi connectivity index (χ3v) is 4.25. The maximum atomic E-state index is 10.8. The summed E-state index contributed by atoms with van der Waals surface area (Å²) in [5, 5.41) is 14.1. The maximum absolute atomic E-state index is 10.8. The van der Waals surface area contributed by atoms with Gasteiger partial charge in [0.05, 0.1) is 9.40 Å². The number of anilines is 1. The van der Waals surface area contributed by atoms with Crippen molar-refractivity contribution in [1.29, 1.82) is 0 Å². The Morgan fingerprint density at radius 3 is 2.45 bits per heavy atom. The SMILES string of the molecule is CC(Nc1ccc([N+](=O)[O-])c(Br)c1)c1ccc(I)cc1. The molecule has 4 nitrogen and oxygen atoms in total. The molecule has 0 amide bonds. The molecule has 0 saturated heterocycles. The van der Waals surface area contributed by atoms with E-state index < -0.39 is 4.92 Å². The standard InChI is InChI=1S/C14H12BrIN2O2/c1-9(10-2-4-11(16)5-3-10)17-12-6-7-14(18(19)20)13(15)8-12/h2-9,17H,1H3. The number of hydrogen-bond acceptors (Lipinski definition) is 3. The fraction of sp³-hybridized carbons (Fsp3) is 0.143. The van der Waals surface area contributed by atoms with E-state index in [1.807, 2.05) is 0 Å². The molecular weight excluding hydrogens is 435 g/mol. The van der Waals surface area contributed by atoms with E-state index in [0.29, 0.717) is 4.47 Å². The largest absolute Gasteiger partial charge is 0.378 e. The minimum atomic E-state index is -0.406. The van der Waals surface area contributed by atoms with Gasteiger partial charge in [-0.15, -0.1) is 0 Å². The van der Waals surface area contributed by atoms with Gasteiger partial charge in [-0.1, -0.05) is 12.1 Å². The first-order valence-electron chi connectivity index (χ1n) is 5.93. The van der Waals surface area contributed by atoms with Gasteiger partial charge >= 0.3 is 0 Å². The minimum Gasteiger partial charge on any atom is -0.378 e. The molecule has 0 saturated carbocycles. The minimum absolute atomic E-state index is 0.0671. The molecule has 1 N–H and O–H groups in total. The van der Waals surface area contributed by atoms with E-state index >= 15 is 0 Å². The van der Waals surface area contributed by atoms with Crippen LogP contribution in [0.2, 0.25) is 0 Å². The molecular formula is C14H12BrIN2O2. The zero-order valence-electron chi connectivity index (χ0n) is 10.6. The number of rotatable bonds is 4. The average Bonchev–Trinajstić information content (AvgIpc) is 2.39. The van der Waals surface area contributed by atoms with Crippen LogP contribution in [-0.4, -0.2) is 4.92 Å². The Kier molecular flexibility index (Phi) is 4.98. The third kappa shape index (κ3) is 3.69. The van der Waals surface area contributed by atoms with Gasteiger partial charge in [0, 0.05) is 21.4 Å². The normalized spacial score (nSPS) is 11.9. The van der Waals surface area contributed by atoms with E-state index in [2.05, 4.69) is 75.0 Å². The summed E-state index contributed by atoms with van der Waals surface area (Å²) in [5.41, 5.74) is 2.07. The molecule has 104 valence electrons. The highest BCUT2D eigenvalue weighted by Crippen LogP contribution is 2.29. The zero-order chi connectivity index (χ0) is 14.7. The highest BCUT2D eigenvalue weighted by molar-refractivity contribution is 14.1. The van der Waals surface area contributed by atoms with Gasteiger partial charge < -0.3 is 5.32 Å². The Morgan fingerprint density at radius 2 is 1.90 bits per heavy atom. The predicted molar refractivity (Wildman–Crippen MR) is 92.0 cm³/mol. The number of nitrogens with one attached hydrogen (secondary N) is 1. The van der Waals surface area contributed by atoms with Gasteiger partial charge in [-0.25, -0.2) is 0 Å². The Morgan fingerprint density at radius 1 is 1.25 bits per heavy atom. The van der Waals surface area contributed by atoms with E-state index in [4.69, 9.17) is 0 Å². The van der Waals surface area contributed by atoms with Crippen molar-refractivity contribution in [1.82, 2.24) is 0 Å². The van der Waals surface area contributed by atoms with Gasteiger partial charge in [0.2, 0.25) is 0 Å². The van der Waals surface area contributed by atoms with Crippen LogP contribution in [0.25, 0.3) is 0 Å². The first-order chi connectivity index (χ1) is 9.47. The summed E-state index contributed by atoms with van der Waals surface area (Å²) in [6.45, 7) is 2.05. The summed E-state index contributed by atoms with van der Waals surface area (Å²) in [4.78, 5) is 10.4. The van der Waals surface area contributed by atoms with Crippen LogP contribution in [-0.2, 0) is 0 Å². The molecule has 2 aromatic rings. The Bertz CT molecular complexity index is 632. The van der Waals surface area contributed by atoms with E-state index in [0.717, 1.165) is 5.69 Å². The van der Waals surface area contributed by atoms with Crippen molar-refractivity contribution in [2.45, 2.75) is 13.0 Å². The van der Waals surface area contributed by atoms with Crippen molar-refractivity contribution < 1.29 is 4.92 Å². The van der Waals surface area contributed by atoms with Crippen LogP contribution >= 0.6 is 38.5 Å². The molecule has 0 heterocycles. The molecule has 1 unspecified atom stereocenters. The van der Waals surface area contributed by atoms with Gasteiger partial charge in [-0.05, 0) is 75.3 Å². The quantitative estimate of drug-likeness (QED) is 0.402. The fourth-order valence-corrected chi connectivity index (χ4v) is 2.71. The van der Waals surface area contributed by atoms with E-state index in [9.17, 15) is 10.1 Å². The van der Waals surface area contributed by atoms with Crippen molar-refractivity contribution in [3.63, 3.8) is 0 Å². The smallest absolute Gasteiger partial charge is 0.283 e. The third-order valence-electron chi connectivity index (χ3n) is 2.90. The van der Waals surface area contributed by atoms with E-state index in [-0.39, 0.29) is 11.7 Å². The van der Waals surface area contributed by atoms with Crippen LogP contribution in [0.4, 0.5) is 11.4 Å². The van der Waals surface area contributed by atoms with Gasteiger partial charge in [-0.2, -0.15) is 0 Å². The van der Waals surface area contributed by atoms with Crippen molar-refractivity contribution >= 4 is 49.9 Å². The second-order valence-electron chi connectivity index (χ2n) is 4.34. The molecule has 0 aliphatic rings. The molecule has 0 bridgehead atoms. The van der Waals surface area contributed by atoms with Gasteiger partial charge in [0.1, 0.15) is 0 Å². The topological polar surface area (TPSA) is 55.2 Å². The van der Waals surface area contributed by atoms with Crippen molar-refractivity contribution in [3.05, 3.63) is 66.2 Å². The lowest BCUT2D eigenvalue weighted by Crippen LogP contribution is -2.06. The molecule has 2 rings (SSSR count). The lowest BCUT2D eigenvalue weighted by atomic mass is 10.1. The molecule has 0 fully saturated rings. The lowest BCUT2D eigenvalue weighted by Gasteiger charge is -2.16. The second-order valence-corrected chi connectivity index (χ2v) is 6.44. The molecule has 0 aliphatic heterocycles. The van der Waals surface area contributed by atoms with Gasteiger partial charge in [0.15, 0.2) is 0 Å². The summed E-state index contributed by atoms with van der Waals surface area (Å²) >= 11 is 5.49. The second kappa shape index (κ2) is 6.53. The summed E-state index contributed by atoms with van der Waals surface area (Å²) in [6.07, 6.45) is 0. The van der Waals surface area contributed by atoms with Crippen LogP contribution in [0.5, 0.6) is 0 Å². The summed E-state index contributed by atoms with van der Waals surface area (Å²) < 4.78 is 1.67. The number of nitro groups is 1. The number of benzene rings is 2. The molecule has 0 aromatic heterocycles. The maximum Gasteiger partial charge on any atom is 0.283 e. The lowest BCUT2D eigenvalue weighted by molar-refractivity contribution is -0.385. The number of nitrogens with zero attached hydrogens (tertiary/aromatic N) is 1. The van der Waals surface area contributed by atoms with Crippen LogP contribution in [0.1, 0.15) is 18.5 Å². The highest BCUT2D eigenvalue weighted by atomic mass is 127. The van der Waals surface area contributed by atoms with Crippen molar-refractivity contribution in [2.24, 2.45) is 0 Å². The Balaban J connectivity index is 2.15. The zero-order valence-corrected chi connectivity index (χ0v) is 14.4. The number of halogens is 2. The summed E-state index contributed by atoms with van der Waals surface area (Å²) in [5.74, 6) is 0. The summed E-state index contributed by atoms with van der Waals surface area (Å²) in [6, 6.07) is 13.3. The van der Waals surface area contributed by atoms with Crippen molar-refractivity contribution in [3.8, 4) is 0 Å². The molecule has 20 heavy (non-hydrogen) atoms. The molecule has 0 aliphatic carbocycles. The molecule has 6 heteroatoms. The van der Waals surface area contributed by atoms with Crippen LogP contribution in [0.3, 0.4) is 0 Å². The first kappa shape index (κ1) is 15.2. The monoisotopic (exact) mass is 446 g/mol. The predicted octanol–water partition coefficient (Wildman–Crippen LogP) is 5.14. The molecule has 2 aromatic carbocycles. The van der Waals surface area contributed by atoms with Crippen LogP contribution in [0.15, 0.2) is 46.9 Å². The van der Waals surface area contributed by atoms with Gasteiger partial charge in [0.25, 0.3) is 5.69 Å². The van der Waals surface area contributed by atoms with Crippen LogP contribution < -0.4 is 5.32 Å². The Labute approximate surface area is 139 Å². The summed E-state index contributed by atoms with van der Waals surface area (Å²) in [7, 11) is 0. The Hall–Kier alpha value is -1.15. The van der Waals surface area contributed by atoms with E-state index in [1.54, 1.807) is 12.1 Å². The molecule has 0 radical (unpaired) electrons. The fourth-order valence-electron chi connectivity index (χ4n) is 1.83. The first-order valence-corrected chi connectivity index (χ1v) is 7.80. The van der Waals surface area contributed by atoms with Crippen LogP contribution in [0, 0.1) is 13.7 Å². The molecule has 0 spiro atoms. The highest BCUT2D eigenvalue weighted by Gasteiger charge is 2.13. The van der Waals surface area contributed by atoms with Gasteiger partial charge in [-0.3, -0.25) is 10.1 Å².